The Hall–Kier alpha value is -2.61. The van der Waals surface area contributed by atoms with Crippen LogP contribution in [0, 0.1) is 10.1 Å². The molecule has 0 saturated carbocycles. The van der Waals surface area contributed by atoms with Crippen molar-refractivity contribution in [2.24, 2.45) is 5.10 Å². The highest BCUT2D eigenvalue weighted by molar-refractivity contribution is 7.16. The lowest BCUT2D eigenvalue weighted by molar-refractivity contribution is -0.684. The lowest BCUT2D eigenvalue weighted by Crippen LogP contribution is -2.40. The van der Waals surface area contributed by atoms with Crippen LogP contribution in [0.2, 0.25) is 0 Å². The number of pyridine rings is 1. The van der Waals surface area contributed by atoms with E-state index in [1.807, 2.05) is 18.2 Å². The second-order valence-corrected chi connectivity index (χ2v) is 4.87. The highest BCUT2D eigenvalue weighted by atomic mass is 32.1. The van der Waals surface area contributed by atoms with Crippen LogP contribution in [0.15, 0.2) is 47.8 Å². The number of thiophene rings is 1. The molecule has 0 aromatic carbocycles. The fraction of sp³-hybridized carbons (Fsp3) is 0.0833. The van der Waals surface area contributed by atoms with Gasteiger partial charge in [0.25, 0.3) is 0 Å². The van der Waals surface area contributed by atoms with Crippen molar-refractivity contribution in [1.82, 2.24) is 5.43 Å². The van der Waals surface area contributed by atoms with Gasteiger partial charge in [-0.25, -0.2) is 5.43 Å². The van der Waals surface area contributed by atoms with Crippen molar-refractivity contribution in [2.45, 2.75) is 6.54 Å². The van der Waals surface area contributed by atoms with Crippen molar-refractivity contribution >= 4 is 28.5 Å². The van der Waals surface area contributed by atoms with E-state index in [9.17, 15) is 14.9 Å². The number of hydrogen-bond acceptors (Lipinski definition) is 5. The number of nitrogens with one attached hydrogen (secondary N) is 1. The van der Waals surface area contributed by atoms with Crippen LogP contribution in [-0.4, -0.2) is 17.0 Å². The van der Waals surface area contributed by atoms with Gasteiger partial charge < -0.3 is 0 Å². The largest absolute Gasteiger partial charge is 0.324 e. The molecular weight excluding hydrogens is 280 g/mol. The van der Waals surface area contributed by atoms with Crippen molar-refractivity contribution < 1.29 is 14.3 Å². The van der Waals surface area contributed by atoms with E-state index in [4.69, 9.17) is 0 Å². The zero-order valence-corrected chi connectivity index (χ0v) is 11.1. The maximum Gasteiger partial charge on any atom is 0.324 e. The monoisotopic (exact) mass is 291 g/mol. The van der Waals surface area contributed by atoms with Gasteiger partial charge in [0.2, 0.25) is 6.54 Å². The molecule has 0 unspecified atom stereocenters. The Labute approximate surface area is 118 Å². The van der Waals surface area contributed by atoms with E-state index in [0.717, 1.165) is 11.3 Å². The molecule has 0 radical (unpaired) electrons. The third kappa shape index (κ3) is 3.95. The minimum atomic E-state index is -0.466. The van der Waals surface area contributed by atoms with Gasteiger partial charge in [-0.05, 0) is 6.07 Å². The van der Waals surface area contributed by atoms with Gasteiger partial charge in [-0.3, -0.25) is 14.9 Å². The first-order valence-corrected chi connectivity index (χ1v) is 6.47. The number of hydrogen-bond donors (Lipinski definition) is 1. The zero-order chi connectivity index (χ0) is 14.4. The molecule has 0 spiro atoms. The summed E-state index contributed by atoms with van der Waals surface area (Å²) >= 11 is 0.992. The molecule has 0 fully saturated rings. The molecule has 2 heterocycles. The van der Waals surface area contributed by atoms with E-state index in [1.54, 1.807) is 23.0 Å². The summed E-state index contributed by atoms with van der Waals surface area (Å²) in [5.74, 6) is -0.275. The summed E-state index contributed by atoms with van der Waals surface area (Å²) in [7, 11) is 0. The summed E-state index contributed by atoms with van der Waals surface area (Å²) in [6, 6.07) is 8.47. The van der Waals surface area contributed by atoms with E-state index in [1.165, 1.54) is 12.3 Å². The van der Waals surface area contributed by atoms with Crippen molar-refractivity contribution in [1.29, 1.82) is 0 Å². The molecule has 102 valence electrons. The van der Waals surface area contributed by atoms with E-state index in [-0.39, 0.29) is 17.5 Å². The standard InChI is InChI=1S/C12H10N4O3S/c17-11(9-15-6-2-1-3-7-15)14-13-8-10-4-5-12(20-10)16(18)19/h1-8H,9H2/p+1/b13-8+. The smallest absolute Gasteiger partial charge is 0.266 e. The Morgan fingerprint density at radius 1 is 1.40 bits per heavy atom. The van der Waals surface area contributed by atoms with Gasteiger partial charge in [0.1, 0.15) is 0 Å². The molecular formula is C12H11N4O3S+. The maximum atomic E-state index is 11.6. The number of carbonyl (C=O) groups is 1. The van der Waals surface area contributed by atoms with E-state index >= 15 is 0 Å². The highest BCUT2D eigenvalue weighted by Crippen LogP contribution is 2.22. The molecule has 1 N–H and O–H groups in total. The van der Waals surface area contributed by atoms with Gasteiger partial charge in [0.15, 0.2) is 12.4 Å². The predicted octanol–water partition coefficient (Wildman–Crippen LogP) is 1.09. The molecule has 20 heavy (non-hydrogen) atoms. The average Bonchev–Trinajstić information content (AvgIpc) is 2.89. The van der Waals surface area contributed by atoms with Gasteiger partial charge in [-0.1, -0.05) is 17.4 Å². The lowest BCUT2D eigenvalue weighted by Gasteiger charge is -1.95. The van der Waals surface area contributed by atoms with Crippen LogP contribution in [0.25, 0.3) is 0 Å². The summed E-state index contributed by atoms with van der Waals surface area (Å²) < 4.78 is 1.71. The molecule has 0 aliphatic heterocycles. The minimum Gasteiger partial charge on any atom is -0.266 e. The first-order chi connectivity index (χ1) is 9.65. The quantitative estimate of drug-likeness (QED) is 0.387. The first kappa shape index (κ1) is 13.8. The van der Waals surface area contributed by atoms with Crippen LogP contribution in [-0.2, 0) is 11.3 Å². The fourth-order valence-electron chi connectivity index (χ4n) is 1.42. The first-order valence-electron chi connectivity index (χ1n) is 5.65. The van der Waals surface area contributed by atoms with Crippen LogP contribution in [0.4, 0.5) is 5.00 Å². The Morgan fingerprint density at radius 2 is 2.15 bits per heavy atom. The highest BCUT2D eigenvalue weighted by Gasteiger charge is 2.09. The number of carbonyl (C=O) groups excluding carboxylic acids is 1. The number of amides is 1. The topological polar surface area (TPSA) is 88.5 Å². The Bertz CT molecular complexity index is 639. The van der Waals surface area contributed by atoms with Gasteiger partial charge in [-0.2, -0.15) is 9.67 Å². The Morgan fingerprint density at radius 3 is 2.80 bits per heavy atom. The third-order valence-electron chi connectivity index (χ3n) is 2.28. The molecule has 2 rings (SSSR count). The Balaban J connectivity index is 1.86. The van der Waals surface area contributed by atoms with Gasteiger partial charge in [0, 0.05) is 18.2 Å². The summed E-state index contributed by atoms with van der Waals surface area (Å²) in [5.41, 5.74) is 2.36. The molecule has 8 heteroatoms. The SMILES string of the molecule is O=C(C[n+]1ccccc1)N/N=C/c1ccc([N+](=O)[O-])s1. The summed E-state index contributed by atoms with van der Waals surface area (Å²) in [5, 5.41) is 14.3. The molecule has 7 nitrogen and oxygen atoms in total. The minimum absolute atomic E-state index is 0.0395. The van der Waals surface area contributed by atoms with Crippen LogP contribution in [0.1, 0.15) is 4.88 Å². The molecule has 0 saturated heterocycles. The molecule has 0 aliphatic carbocycles. The number of nitrogens with zero attached hydrogens (tertiary/aromatic N) is 3. The number of rotatable bonds is 5. The van der Waals surface area contributed by atoms with Gasteiger partial charge >= 0.3 is 10.9 Å². The Kier molecular flexibility index (Phi) is 4.51. The summed E-state index contributed by atoms with van der Waals surface area (Å²) in [4.78, 5) is 22.2. The third-order valence-corrected chi connectivity index (χ3v) is 3.25. The molecule has 2 aromatic rings. The second-order valence-electron chi connectivity index (χ2n) is 3.77. The molecule has 0 bridgehead atoms. The molecule has 1 amide bonds. The van der Waals surface area contributed by atoms with E-state index in [2.05, 4.69) is 10.5 Å². The molecule has 0 atom stereocenters. The number of nitro groups is 1. The summed E-state index contributed by atoms with van der Waals surface area (Å²) in [6.45, 7) is 0.156. The van der Waals surface area contributed by atoms with Crippen LogP contribution in [0.5, 0.6) is 0 Å². The molecule has 0 aliphatic rings. The van der Waals surface area contributed by atoms with Gasteiger partial charge in [0.05, 0.1) is 16.0 Å². The van der Waals surface area contributed by atoms with Crippen LogP contribution >= 0.6 is 11.3 Å². The normalized spacial score (nSPS) is 10.6. The van der Waals surface area contributed by atoms with E-state index < -0.39 is 4.92 Å². The van der Waals surface area contributed by atoms with Gasteiger partial charge in [-0.15, -0.1) is 0 Å². The lowest BCUT2D eigenvalue weighted by atomic mass is 10.4. The maximum absolute atomic E-state index is 11.6. The van der Waals surface area contributed by atoms with Crippen LogP contribution < -0.4 is 9.99 Å². The zero-order valence-electron chi connectivity index (χ0n) is 10.3. The van der Waals surface area contributed by atoms with Crippen molar-refractivity contribution in [3.63, 3.8) is 0 Å². The van der Waals surface area contributed by atoms with E-state index in [0.29, 0.717) is 4.88 Å². The second kappa shape index (κ2) is 6.53. The average molecular weight is 291 g/mol. The fourth-order valence-corrected chi connectivity index (χ4v) is 2.11. The number of hydrazone groups is 1. The van der Waals surface area contributed by atoms with Crippen molar-refractivity contribution in [3.8, 4) is 0 Å². The van der Waals surface area contributed by atoms with Crippen molar-refractivity contribution in [3.05, 3.63) is 57.7 Å². The number of aromatic nitrogens is 1. The van der Waals surface area contributed by atoms with Crippen LogP contribution in [0.3, 0.4) is 0 Å². The molecule has 2 aromatic heterocycles. The predicted molar refractivity (Wildman–Crippen MR) is 73.3 cm³/mol. The summed E-state index contributed by atoms with van der Waals surface area (Å²) in [6.07, 6.45) is 4.92. The van der Waals surface area contributed by atoms with Crippen molar-refractivity contribution in [2.75, 3.05) is 0 Å².